The molecular weight excluding hydrogens is 122 g/mol. The number of hydrogen-bond acceptors (Lipinski definition) is 2. The van der Waals surface area contributed by atoms with E-state index in [9.17, 15) is 13.6 Å². The van der Waals surface area contributed by atoms with Gasteiger partial charge in [-0.05, 0) is 0 Å². The minimum Gasteiger partial charge on any atom is -0.475 e. The Labute approximate surface area is 43.9 Å². The van der Waals surface area contributed by atoms with Crippen LogP contribution in [0.25, 0.3) is 0 Å². The fourth-order valence-electron chi connectivity index (χ4n) is 0.0873. The van der Waals surface area contributed by atoms with E-state index < -0.39 is 12.1 Å². The molecule has 0 aromatic carbocycles. The van der Waals surface area contributed by atoms with Gasteiger partial charge in [0.2, 0.25) is 0 Å². The monoisotopic (exact) mass is 126 g/mol. The highest BCUT2D eigenvalue weighted by Crippen LogP contribution is 2.12. The van der Waals surface area contributed by atoms with Gasteiger partial charge < -0.3 is 9.84 Å². The first-order valence-electron chi connectivity index (χ1n) is 1.67. The highest BCUT2D eigenvalue weighted by Gasteiger charge is 2.38. The van der Waals surface area contributed by atoms with Crippen molar-refractivity contribution in [2.45, 2.75) is 6.11 Å². The van der Waals surface area contributed by atoms with Crippen LogP contribution in [0.3, 0.4) is 0 Å². The minimum atomic E-state index is -4.04. The van der Waals surface area contributed by atoms with Gasteiger partial charge in [-0.1, -0.05) is 0 Å². The van der Waals surface area contributed by atoms with Crippen LogP contribution in [-0.4, -0.2) is 24.3 Å². The van der Waals surface area contributed by atoms with Crippen LogP contribution in [-0.2, 0) is 9.53 Å². The fourth-order valence-corrected chi connectivity index (χ4v) is 0.0873. The predicted octanol–water partition coefficient (Wildman–Crippen LogP) is 0.310. The lowest BCUT2D eigenvalue weighted by molar-refractivity contribution is -0.234. The SMILES string of the molecule is COC(F)(F)C(=O)O. The van der Waals surface area contributed by atoms with Crippen molar-refractivity contribution in [2.24, 2.45) is 0 Å². The van der Waals surface area contributed by atoms with E-state index in [-0.39, 0.29) is 0 Å². The third-order valence-electron chi connectivity index (χ3n) is 0.505. The van der Waals surface area contributed by atoms with Crippen molar-refractivity contribution in [2.75, 3.05) is 7.11 Å². The third-order valence-corrected chi connectivity index (χ3v) is 0.505. The van der Waals surface area contributed by atoms with Gasteiger partial charge in [0.05, 0.1) is 0 Å². The maximum Gasteiger partial charge on any atom is 0.455 e. The molecule has 0 aromatic heterocycles. The molecule has 0 bridgehead atoms. The number of alkyl halides is 2. The van der Waals surface area contributed by atoms with E-state index in [1.807, 2.05) is 0 Å². The lowest BCUT2D eigenvalue weighted by atomic mass is 10.6. The molecule has 0 radical (unpaired) electrons. The van der Waals surface area contributed by atoms with Crippen LogP contribution in [0.2, 0.25) is 0 Å². The molecule has 0 atom stereocenters. The largest absolute Gasteiger partial charge is 0.475 e. The second kappa shape index (κ2) is 2.04. The summed E-state index contributed by atoms with van der Waals surface area (Å²) in [4.78, 5) is 9.38. The normalized spacial score (nSPS) is 11.4. The Balaban J connectivity index is 3.91. The number of aliphatic carboxylic acids is 1. The molecule has 0 saturated carbocycles. The molecular formula is C3H4F2O3. The molecule has 1 N–H and O–H groups in total. The second-order valence-electron chi connectivity index (χ2n) is 1.03. The van der Waals surface area contributed by atoms with Crippen LogP contribution in [0.15, 0.2) is 0 Å². The molecule has 0 rings (SSSR count). The van der Waals surface area contributed by atoms with Crippen LogP contribution >= 0.6 is 0 Å². The Morgan fingerprint density at radius 3 is 2.12 bits per heavy atom. The number of hydrogen-bond donors (Lipinski definition) is 1. The van der Waals surface area contributed by atoms with Crippen molar-refractivity contribution < 1.29 is 23.4 Å². The predicted molar refractivity (Wildman–Crippen MR) is 19.6 cm³/mol. The van der Waals surface area contributed by atoms with Crippen LogP contribution in [0, 0.1) is 0 Å². The summed E-state index contributed by atoms with van der Waals surface area (Å²) >= 11 is 0. The Morgan fingerprint density at radius 2 is 2.12 bits per heavy atom. The van der Waals surface area contributed by atoms with Crippen molar-refractivity contribution in [1.82, 2.24) is 0 Å². The van der Waals surface area contributed by atoms with E-state index in [0.717, 1.165) is 0 Å². The molecule has 0 fully saturated rings. The van der Waals surface area contributed by atoms with E-state index >= 15 is 0 Å². The number of carbonyl (C=O) groups is 1. The van der Waals surface area contributed by atoms with E-state index in [1.54, 1.807) is 0 Å². The number of rotatable bonds is 2. The summed E-state index contributed by atoms with van der Waals surface area (Å²) in [5.74, 6) is -2.28. The molecule has 0 aliphatic heterocycles. The molecule has 0 saturated heterocycles. The topological polar surface area (TPSA) is 46.5 Å². The summed E-state index contributed by atoms with van der Waals surface area (Å²) in [6.45, 7) is 0. The Bertz CT molecular complexity index is 101. The van der Waals surface area contributed by atoms with Gasteiger partial charge in [-0.15, -0.1) is 0 Å². The molecule has 5 heteroatoms. The van der Waals surface area contributed by atoms with Crippen LogP contribution < -0.4 is 0 Å². The number of methoxy groups -OCH3 is 1. The van der Waals surface area contributed by atoms with Gasteiger partial charge in [-0.2, -0.15) is 8.78 Å². The van der Waals surface area contributed by atoms with Crippen molar-refractivity contribution in [3.63, 3.8) is 0 Å². The number of halogens is 2. The number of carboxylic acids is 1. The first kappa shape index (κ1) is 7.29. The first-order valence-corrected chi connectivity index (χ1v) is 1.67. The molecule has 0 aliphatic carbocycles. The summed E-state index contributed by atoms with van der Waals surface area (Å²) < 4.78 is 26.2. The molecule has 0 heterocycles. The highest BCUT2D eigenvalue weighted by molar-refractivity contribution is 5.73. The van der Waals surface area contributed by atoms with E-state index in [0.29, 0.717) is 7.11 Å². The van der Waals surface area contributed by atoms with Gasteiger partial charge >= 0.3 is 12.1 Å². The molecule has 0 aliphatic rings. The first-order chi connectivity index (χ1) is 3.50. The Kier molecular flexibility index (Phi) is 1.86. The smallest absolute Gasteiger partial charge is 0.455 e. The van der Waals surface area contributed by atoms with Crippen molar-refractivity contribution in [1.29, 1.82) is 0 Å². The maximum atomic E-state index is 11.5. The molecule has 0 amide bonds. The number of carboxylic acid groups (broad SMARTS) is 1. The van der Waals surface area contributed by atoms with Gasteiger partial charge in [0.15, 0.2) is 0 Å². The zero-order valence-corrected chi connectivity index (χ0v) is 4.02. The van der Waals surface area contributed by atoms with Gasteiger partial charge in [0, 0.05) is 7.11 Å². The summed E-state index contributed by atoms with van der Waals surface area (Å²) in [7, 11) is 0.619. The molecule has 3 nitrogen and oxygen atoms in total. The van der Waals surface area contributed by atoms with Gasteiger partial charge in [0.25, 0.3) is 0 Å². The standard InChI is InChI=1S/C3H4F2O3/c1-8-3(4,5)2(6)7/h1H3,(H,6,7). The zero-order chi connectivity index (χ0) is 6.78. The molecule has 48 valence electrons. The lowest BCUT2D eigenvalue weighted by Gasteiger charge is -2.05. The average Bonchev–Trinajstić information content (AvgIpc) is 1.67. The van der Waals surface area contributed by atoms with E-state index in [1.165, 1.54) is 0 Å². The highest BCUT2D eigenvalue weighted by atomic mass is 19.3. The average molecular weight is 126 g/mol. The second-order valence-corrected chi connectivity index (χ2v) is 1.03. The van der Waals surface area contributed by atoms with Crippen LogP contribution in [0.1, 0.15) is 0 Å². The third kappa shape index (κ3) is 1.42. The molecule has 0 spiro atoms. The number of ether oxygens (including phenoxy) is 1. The van der Waals surface area contributed by atoms with Gasteiger partial charge in [-0.25, -0.2) is 4.79 Å². The summed E-state index contributed by atoms with van der Waals surface area (Å²) in [6.07, 6.45) is -4.04. The van der Waals surface area contributed by atoms with Crippen molar-refractivity contribution >= 4 is 5.97 Å². The molecule has 0 unspecified atom stereocenters. The van der Waals surface area contributed by atoms with Crippen molar-refractivity contribution in [3.8, 4) is 0 Å². The fraction of sp³-hybridized carbons (Fsp3) is 0.667. The Hall–Kier alpha value is -0.710. The van der Waals surface area contributed by atoms with E-state index in [4.69, 9.17) is 5.11 Å². The molecule has 8 heavy (non-hydrogen) atoms. The lowest BCUT2D eigenvalue weighted by Crippen LogP contribution is -2.29. The summed E-state index contributed by atoms with van der Waals surface area (Å²) in [6, 6.07) is 0. The molecule has 0 aromatic rings. The van der Waals surface area contributed by atoms with Gasteiger partial charge in [0.1, 0.15) is 0 Å². The zero-order valence-electron chi connectivity index (χ0n) is 4.02. The quantitative estimate of drug-likeness (QED) is 0.579. The van der Waals surface area contributed by atoms with Crippen molar-refractivity contribution in [3.05, 3.63) is 0 Å². The Morgan fingerprint density at radius 1 is 1.75 bits per heavy atom. The summed E-state index contributed by atoms with van der Waals surface area (Å²) in [5.41, 5.74) is 0. The minimum absolute atomic E-state index is 0.619. The van der Waals surface area contributed by atoms with Gasteiger partial charge in [-0.3, -0.25) is 0 Å². The summed E-state index contributed by atoms with van der Waals surface area (Å²) in [5, 5.41) is 7.57. The van der Waals surface area contributed by atoms with E-state index in [2.05, 4.69) is 4.74 Å². The van der Waals surface area contributed by atoms with Crippen LogP contribution in [0.4, 0.5) is 8.78 Å². The maximum absolute atomic E-state index is 11.5. The van der Waals surface area contributed by atoms with Crippen LogP contribution in [0.5, 0.6) is 0 Å².